The molecule has 1 atom stereocenters. The summed E-state index contributed by atoms with van der Waals surface area (Å²) >= 11 is 12.0. The minimum atomic E-state index is -3.83. The fourth-order valence-electron chi connectivity index (χ4n) is 3.79. The second-order valence-electron chi connectivity index (χ2n) is 9.29. The van der Waals surface area contributed by atoms with Gasteiger partial charge in [-0.05, 0) is 54.1 Å². The number of benzene rings is 2. The maximum absolute atomic E-state index is 13.6. The molecule has 0 unspecified atom stereocenters. The van der Waals surface area contributed by atoms with Crippen molar-refractivity contribution in [3.05, 3.63) is 109 Å². The Balaban J connectivity index is 1.65. The molecule has 220 valence electrons. The Morgan fingerprint density at radius 3 is 2.33 bits per heavy atom. The number of nitrogens with zero attached hydrogens (tertiary/aromatic N) is 3. The molecule has 0 aliphatic rings. The molecule has 0 bridgehead atoms. The SMILES string of the molecule is C[C@@H](Cn1c(=O)cc(Nc2ccc(Oc3nc(F)ccc3Cl)cc2)n(Cc2ccc(Cl)cc2)c1=O)C(=O)NS(C)(=O)=O. The Bertz CT molecular complexity index is 1850. The molecule has 0 aliphatic carbocycles. The van der Waals surface area contributed by atoms with E-state index in [2.05, 4.69) is 10.3 Å². The van der Waals surface area contributed by atoms with Crippen LogP contribution < -0.4 is 26.0 Å². The molecular weight excluding hydrogens is 612 g/mol. The molecule has 0 saturated carbocycles. The maximum Gasteiger partial charge on any atom is 0.332 e. The molecule has 0 aliphatic heterocycles. The molecule has 2 aromatic carbocycles. The molecule has 0 spiro atoms. The first-order valence-electron chi connectivity index (χ1n) is 12.3. The normalized spacial score (nSPS) is 12.0. The Morgan fingerprint density at radius 2 is 1.69 bits per heavy atom. The van der Waals surface area contributed by atoms with E-state index in [0.717, 1.165) is 16.9 Å². The number of hydrogen-bond acceptors (Lipinski definition) is 8. The van der Waals surface area contributed by atoms with E-state index in [0.29, 0.717) is 22.0 Å². The van der Waals surface area contributed by atoms with Crippen molar-refractivity contribution >= 4 is 50.6 Å². The van der Waals surface area contributed by atoms with Gasteiger partial charge in [0.1, 0.15) is 16.6 Å². The standard InChI is InChI=1S/C27H24Cl2FN5O6S/c1-16(25(37)33-42(2,39)40)14-35-24(36)13-23(34(27(35)38)15-17-3-5-18(28)6-4-17)31-19-7-9-20(10-8-19)41-26-21(29)11-12-22(30)32-26/h3-13,16,31H,14-15H2,1-2H3,(H,33,37)/t16-/m0/s1. The van der Waals surface area contributed by atoms with Gasteiger partial charge in [-0.3, -0.25) is 23.4 Å². The third-order valence-electron chi connectivity index (χ3n) is 5.84. The Hall–Kier alpha value is -4.20. The Morgan fingerprint density at radius 1 is 1.02 bits per heavy atom. The van der Waals surface area contributed by atoms with Crippen molar-refractivity contribution in [3.63, 3.8) is 0 Å². The quantitative estimate of drug-likeness (QED) is 0.248. The van der Waals surface area contributed by atoms with Crippen LogP contribution in [0.25, 0.3) is 0 Å². The minimum Gasteiger partial charge on any atom is -0.437 e. The van der Waals surface area contributed by atoms with Crippen molar-refractivity contribution in [2.24, 2.45) is 5.92 Å². The molecule has 0 radical (unpaired) electrons. The second-order valence-corrected chi connectivity index (χ2v) is 11.9. The zero-order valence-corrected chi connectivity index (χ0v) is 24.5. The predicted octanol–water partition coefficient (Wildman–Crippen LogP) is 4.15. The van der Waals surface area contributed by atoms with Gasteiger partial charge in [-0.2, -0.15) is 9.37 Å². The van der Waals surface area contributed by atoms with E-state index in [1.54, 1.807) is 48.5 Å². The van der Waals surface area contributed by atoms with Crippen LogP contribution in [0.3, 0.4) is 0 Å². The first-order valence-corrected chi connectivity index (χ1v) is 14.9. The number of carbonyl (C=O) groups is 1. The summed E-state index contributed by atoms with van der Waals surface area (Å²) in [4.78, 5) is 42.5. The highest BCUT2D eigenvalue weighted by atomic mass is 35.5. The van der Waals surface area contributed by atoms with Crippen LogP contribution in [0.1, 0.15) is 12.5 Å². The lowest BCUT2D eigenvalue weighted by Gasteiger charge is -2.18. The molecule has 2 heterocycles. The summed E-state index contributed by atoms with van der Waals surface area (Å²) in [6, 6.07) is 16.7. The van der Waals surface area contributed by atoms with Gasteiger partial charge >= 0.3 is 5.69 Å². The number of sulfonamides is 1. The van der Waals surface area contributed by atoms with Crippen LogP contribution in [0.15, 0.2) is 76.3 Å². The molecular formula is C27H24Cl2FN5O6S. The van der Waals surface area contributed by atoms with Crippen LogP contribution in [0.2, 0.25) is 10.0 Å². The largest absolute Gasteiger partial charge is 0.437 e. The van der Waals surface area contributed by atoms with E-state index in [1.807, 2.05) is 4.72 Å². The van der Waals surface area contributed by atoms with Crippen molar-refractivity contribution in [2.45, 2.75) is 20.0 Å². The number of carbonyl (C=O) groups excluding carboxylic acids is 1. The van der Waals surface area contributed by atoms with Crippen LogP contribution >= 0.6 is 23.2 Å². The second kappa shape index (κ2) is 12.8. The molecule has 11 nitrogen and oxygen atoms in total. The monoisotopic (exact) mass is 635 g/mol. The van der Waals surface area contributed by atoms with E-state index >= 15 is 0 Å². The van der Waals surface area contributed by atoms with E-state index in [-0.39, 0.29) is 29.8 Å². The summed E-state index contributed by atoms with van der Waals surface area (Å²) in [6.07, 6.45) is 0.829. The molecule has 1 amide bonds. The number of hydrogen-bond donors (Lipinski definition) is 2. The summed E-state index contributed by atoms with van der Waals surface area (Å²) in [5, 5.41) is 3.66. The van der Waals surface area contributed by atoms with Crippen LogP contribution in [0.5, 0.6) is 11.6 Å². The molecule has 0 fully saturated rings. The average Bonchev–Trinajstić information content (AvgIpc) is 2.92. The van der Waals surface area contributed by atoms with E-state index in [1.165, 1.54) is 23.6 Å². The van der Waals surface area contributed by atoms with Gasteiger partial charge in [-0.1, -0.05) is 42.3 Å². The van der Waals surface area contributed by atoms with Crippen molar-refractivity contribution in [1.29, 1.82) is 0 Å². The van der Waals surface area contributed by atoms with Gasteiger partial charge in [0.15, 0.2) is 0 Å². The van der Waals surface area contributed by atoms with Crippen LogP contribution in [-0.2, 0) is 27.9 Å². The van der Waals surface area contributed by atoms with Crippen molar-refractivity contribution in [3.8, 4) is 11.6 Å². The van der Waals surface area contributed by atoms with Gasteiger partial charge in [0.05, 0.1) is 18.7 Å². The van der Waals surface area contributed by atoms with Crippen LogP contribution in [0, 0.1) is 11.9 Å². The molecule has 42 heavy (non-hydrogen) atoms. The van der Waals surface area contributed by atoms with Crippen molar-refractivity contribution in [2.75, 3.05) is 11.6 Å². The highest BCUT2D eigenvalue weighted by Gasteiger charge is 2.21. The first-order chi connectivity index (χ1) is 19.8. The average molecular weight is 636 g/mol. The third kappa shape index (κ3) is 7.96. The number of aromatic nitrogens is 3. The van der Waals surface area contributed by atoms with E-state index < -0.39 is 39.0 Å². The fourth-order valence-corrected chi connectivity index (χ4v) is 4.63. The van der Waals surface area contributed by atoms with Crippen molar-refractivity contribution < 1.29 is 22.3 Å². The summed E-state index contributed by atoms with van der Waals surface area (Å²) in [6.45, 7) is 1.08. The number of ether oxygens (including phenoxy) is 1. The first kappa shape index (κ1) is 30.8. The smallest absolute Gasteiger partial charge is 0.332 e. The van der Waals surface area contributed by atoms with Gasteiger partial charge < -0.3 is 10.1 Å². The number of anilines is 2. The zero-order valence-electron chi connectivity index (χ0n) is 22.2. The summed E-state index contributed by atoms with van der Waals surface area (Å²) in [5.41, 5.74) is -0.268. The fraction of sp³-hybridized carbons (Fsp3) is 0.185. The maximum atomic E-state index is 13.6. The number of pyridine rings is 1. The molecule has 4 aromatic rings. The van der Waals surface area contributed by atoms with Crippen LogP contribution in [0.4, 0.5) is 15.9 Å². The summed E-state index contributed by atoms with van der Waals surface area (Å²) in [5.74, 6) is -2.29. The molecule has 4 rings (SSSR count). The molecule has 0 saturated heterocycles. The van der Waals surface area contributed by atoms with Gasteiger partial charge in [-0.15, -0.1) is 0 Å². The highest BCUT2D eigenvalue weighted by Crippen LogP contribution is 2.28. The lowest BCUT2D eigenvalue weighted by molar-refractivity contribution is -0.123. The van der Waals surface area contributed by atoms with E-state index in [9.17, 15) is 27.2 Å². The minimum absolute atomic E-state index is 0.0352. The van der Waals surface area contributed by atoms with E-state index in [4.69, 9.17) is 27.9 Å². The van der Waals surface area contributed by atoms with Gasteiger partial charge in [0, 0.05) is 23.3 Å². The number of nitrogens with one attached hydrogen (secondary N) is 2. The summed E-state index contributed by atoms with van der Waals surface area (Å²) < 4.78 is 45.9. The Kier molecular flexibility index (Phi) is 9.34. The molecule has 15 heteroatoms. The summed E-state index contributed by atoms with van der Waals surface area (Å²) in [7, 11) is -3.83. The molecule has 2 aromatic heterocycles. The lowest BCUT2D eigenvalue weighted by Crippen LogP contribution is -2.44. The number of halogens is 3. The van der Waals surface area contributed by atoms with Gasteiger partial charge in [-0.25, -0.2) is 13.2 Å². The zero-order chi connectivity index (χ0) is 30.6. The third-order valence-corrected chi connectivity index (χ3v) is 6.96. The Labute approximate surface area is 249 Å². The molecule has 2 N–H and O–H groups in total. The number of amides is 1. The topological polar surface area (TPSA) is 141 Å². The predicted molar refractivity (Wildman–Crippen MR) is 157 cm³/mol. The highest BCUT2D eigenvalue weighted by molar-refractivity contribution is 7.89. The number of rotatable bonds is 10. The van der Waals surface area contributed by atoms with Gasteiger partial charge in [0.25, 0.3) is 5.56 Å². The lowest BCUT2D eigenvalue weighted by atomic mass is 10.1. The van der Waals surface area contributed by atoms with Crippen LogP contribution in [-0.4, -0.2) is 34.7 Å². The van der Waals surface area contributed by atoms with Crippen molar-refractivity contribution in [1.82, 2.24) is 18.8 Å². The van der Waals surface area contributed by atoms with Gasteiger partial charge in [0.2, 0.25) is 27.8 Å².